The zero-order valence-electron chi connectivity index (χ0n) is 10.7. The molecule has 0 unspecified atom stereocenters. The Kier molecular flexibility index (Phi) is 4.18. The van der Waals surface area contributed by atoms with Gasteiger partial charge in [0.05, 0.1) is 0 Å². The summed E-state index contributed by atoms with van der Waals surface area (Å²) in [5.41, 5.74) is 0.951. The highest BCUT2D eigenvalue weighted by molar-refractivity contribution is 5.30. The molecule has 4 heteroatoms. The summed E-state index contributed by atoms with van der Waals surface area (Å²) >= 11 is 0. The van der Waals surface area contributed by atoms with Crippen molar-refractivity contribution in [3.8, 4) is 5.88 Å². The fourth-order valence-electron chi connectivity index (χ4n) is 2.09. The fraction of sp³-hybridized carbons (Fsp3) is 0.692. The maximum Gasteiger partial charge on any atom is 0.226 e. The first-order valence-electron chi connectivity index (χ1n) is 6.54. The quantitative estimate of drug-likeness (QED) is 0.852. The van der Waals surface area contributed by atoms with Crippen LogP contribution in [0.5, 0.6) is 5.88 Å². The van der Waals surface area contributed by atoms with Crippen LogP contribution >= 0.6 is 0 Å². The van der Waals surface area contributed by atoms with Crippen LogP contribution in [-0.2, 0) is 0 Å². The van der Waals surface area contributed by atoms with Crippen molar-refractivity contribution in [3.05, 3.63) is 11.8 Å². The Morgan fingerprint density at radius 3 is 2.82 bits per heavy atom. The van der Waals surface area contributed by atoms with Crippen molar-refractivity contribution in [1.82, 2.24) is 9.97 Å². The minimum absolute atomic E-state index is 0.350. The third kappa shape index (κ3) is 3.58. The van der Waals surface area contributed by atoms with Crippen LogP contribution in [0.25, 0.3) is 0 Å². The molecule has 17 heavy (non-hydrogen) atoms. The van der Waals surface area contributed by atoms with Crippen molar-refractivity contribution in [2.45, 2.75) is 52.1 Å². The minimum Gasteiger partial charge on any atom is -0.474 e. The molecule has 1 heterocycles. The second-order valence-corrected chi connectivity index (χ2v) is 4.62. The van der Waals surface area contributed by atoms with Crippen LogP contribution in [0.3, 0.4) is 0 Å². The highest BCUT2D eigenvalue weighted by Crippen LogP contribution is 2.23. The lowest BCUT2D eigenvalue weighted by Crippen LogP contribution is -2.13. The van der Waals surface area contributed by atoms with Crippen molar-refractivity contribution >= 4 is 5.95 Å². The average molecular weight is 235 g/mol. The van der Waals surface area contributed by atoms with E-state index in [1.165, 1.54) is 12.8 Å². The molecular formula is C13H21N3O. The van der Waals surface area contributed by atoms with Crippen molar-refractivity contribution in [3.63, 3.8) is 0 Å². The highest BCUT2D eigenvalue weighted by Gasteiger charge is 2.17. The maximum atomic E-state index is 5.89. The summed E-state index contributed by atoms with van der Waals surface area (Å²) in [5.74, 6) is 1.39. The number of nitrogens with one attached hydrogen (secondary N) is 1. The van der Waals surface area contributed by atoms with Crippen LogP contribution in [0.1, 0.15) is 44.7 Å². The Morgan fingerprint density at radius 1 is 1.35 bits per heavy atom. The van der Waals surface area contributed by atoms with Crippen molar-refractivity contribution in [2.75, 3.05) is 11.9 Å². The van der Waals surface area contributed by atoms with Gasteiger partial charge in [-0.3, -0.25) is 0 Å². The maximum absolute atomic E-state index is 5.89. The lowest BCUT2D eigenvalue weighted by Gasteiger charge is -2.13. The second-order valence-electron chi connectivity index (χ2n) is 4.62. The molecule has 1 N–H and O–H groups in total. The van der Waals surface area contributed by atoms with E-state index in [9.17, 15) is 0 Å². The number of aromatic nitrogens is 2. The summed E-state index contributed by atoms with van der Waals surface area (Å²) in [6, 6.07) is 1.91. The molecule has 1 aromatic rings. The summed E-state index contributed by atoms with van der Waals surface area (Å²) in [6.07, 6.45) is 6.27. The van der Waals surface area contributed by atoms with Crippen LogP contribution < -0.4 is 10.1 Å². The number of anilines is 1. The van der Waals surface area contributed by atoms with Gasteiger partial charge in [-0.15, -0.1) is 0 Å². The number of nitrogens with zero attached hydrogens (tertiary/aromatic N) is 2. The molecular weight excluding hydrogens is 214 g/mol. The van der Waals surface area contributed by atoms with Gasteiger partial charge < -0.3 is 10.1 Å². The summed E-state index contributed by atoms with van der Waals surface area (Å²) in [4.78, 5) is 8.73. The second kappa shape index (κ2) is 5.84. The summed E-state index contributed by atoms with van der Waals surface area (Å²) in [7, 11) is 0. The summed E-state index contributed by atoms with van der Waals surface area (Å²) in [6.45, 7) is 4.99. The van der Waals surface area contributed by atoms with Crippen LogP contribution in [0.2, 0.25) is 0 Å². The number of rotatable bonds is 5. The fourth-order valence-corrected chi connectivity index (χ4v) is 2.09. The van der Waals surface area contributed by atoms with Crippen LogP contribution in [0.4, 0.5) is 5.95 Å². The average Bonchev–Trinajstić information content (AvgIpc) is 2.78. The van der Waals surface area contributed by atoms with Crippen LogP contribution in [0.15, 0.2) is 6.07 Å². The van der Waals surface area contributed by atoms with Gasteiger partial charge in [0.15, 0.2) is 0 Å². The van der Waals surface area contributed by atoms with E-state index in [1.807, 2.05) is 13.0 Å². The minimum atomic E-state index is 0.350. The Bertz CT molecular complexity index is 362. The van der Waals surface area contributed by atoms with Gasteiger partial charge in [-0.1, -0.05) is 6.92 Å². The van der Waals surface area contributed by atoms with E-state index in [-0.39, 0.29) is 0 Å². The van der Waals surface area contributed by atoms with Crippen molar-refractivity contribution < 1.29 is 4.74 Å². The zero-order valence-corrected chi connectivity index (χ0v) is 10.7. The van der Waals surface area contributed by atoms with Gasteiger partial charge in [-0.2, -0.15) is 4.98 Å². The molecule has 0 atom stereocenters. The van der Waals surface area contributed by atoms with Gasteiger partial charge in [-0.05, 0) is 39.0 Å². The first-order chi connectivity index (χ1) is 8.28. The number of aryl methyl sites for hydroxylation is 1. The molecule has 4 nitrogen and oxygen atoms in total. The lowest BCUT2D eigenvalue weighted by atomic mass is 10.3. The molecule has 1 saturated carbocycles. The molecule has 0 aromatic carbocycles. The first kappa shape index (κ1) is 12.1. The predicted molar refractivity (Wildman–Crippen MR) is 68.4 cm³/mol. The van der Waals surface area contributed by atoms with Gasteiger partial charge in [0.2, 0.25) is 11.8 Å². The summed E-state index contributed by atoms with van der Waals surface area (Å²) < 4.78 is 5.89. The van der Waals surface area contributed by atoms with E-state index in [0.717, 1.165) is 31.5 Å². The van der Waals surface area contributed by atoms with E-state index in [2.05, 4.69) is 22.2 Å². The van der Waals surface area contributed by atoms with E-state index in [0.29, 0.717) is 17.9 Å². The Morgan fingerprint density at radius 2 is 2.12 bits per heavy atom. The SMILES string of the molecule is CCCNc1nc(C)cc(OC2CCCC2)n1. The third-order valence-electron chi connectivity index (χ3n) is 2.95. The van der Waals surface area contributed by atoms with Gasteiger partial charge in [0, 0.05) is 18.3 Å². The highest BCUT2D eigenvalue weighted by atomic mass is 16.5. The zero-order chi connectivity index (χ0) is 12.1. The number of hydrogen-bond acceptors (Lipinski definition) is 4. The predicted octanol–water partition coefficient (Wildman–Crippen LogP) is 2.93. The van der Waals surface area contributed by atoms with Gasteiger partial charge in [0.25, 0.3) is 0 Å². The Balaban J connectivity index is 2.02. The van der Waals surface area contributed by atoms with Crippen LogP contribution in [-0.4, -0.2) is 22.6 Å². The van der Waals surface area contributed by atoms with E-state index < -0.39 is 0 Å². The topological polar surface area (TPSA) is 47.0 Å². The van der Waals surface area contributed by atoms with E-state index in [1.54, 1.807) is 0 Å². The smallest absolute Gasteiger partial charge is 0.226 e. The lowest BCUT2D eigenvalue weighted by molar-refractivity contribution is 0.201. The molecule has 0 bridgehead atoms. The molecule has 0 spiro atoms. The molecule has 0 saturated heterocycles. The molecule has 1 fully saturated rings. The first-order valence-corrected chi connectivity index (χ1v) is 6.54. The van der Waals surface area contributed by atoms with Crippen molar-refractivity contribution in [1.29, 1.82) is 0 Å². The van der Waals surface area contributed by atoms with Crippen LogP contribution in [0, 0.1) is 6.92 Å². The van der Waals surface area contributed by atoms with Gasteiger partial charge in [-0.25, -0.2) is 4.98 Å². The number of hydrogen-bond donors (Lipinski definition) is 1. The molecule has 0 radical (unpaired) electrons. The normalized spacial score (nSPS) is 16.1. The molecule has 94 valence electrons. The molecule has 1 aliphatic rings. The molecule has 1 aliphatic carbocycles. The molecule has 1 aromatic heterocycles. The largest absolute Gasteiger partial charge is 0.474 e. The molecule has 0 amide bonds. The molecule has 0 aliphatic heterocycles. The third-order valence-corrected chi connectivity index (χ3v) is 2.95. The molecule has 2 rings (SSSR count). The monoisotopic (exact) mass is 235 g/mol. The standard InChI is InChI=1S/C13H21N3O/c1-3-8-14-13-15-10(2)9-12(16-13)17-11-6-4-5-7-11/h9,11H,3-8H2,1-2H3,(H,14,15,16). The number of ether oxygens (including phenoxy) is 1. The summed E-state index contributed by atoms with van der Waals surface area (Å²) in [5, 5.41) is 3.20. The Hall–Kier alpha value is -1.32. The van der Waals surface area contributed by atoms with Crippen molar-refractivity contribution in [2.24, 2.45) is 0 Å². The van der Waals surface area contributed by atoms with E-state index in [4.69, 9.17) is 4.74 Å². The Labute approximate surface area is 103 Å². The van der Waals surface area contributed by atoms with Gasteiger partial charge in [0.1, 0.15) is 6.10 Å². The van der Waals surface area contributed by atoms with E-state index >= 15 is 0 Å². The van der Waals surface area contributed by atoms with Gasteiger partial charge >= 0.3 is 0 Å².